The normalized spacial score (nSPS) is 38.5. The third-order valence-electron chi connectivity index (χ3n) is 2.19. The standard InChI is InChI=1S/C7H14BO6PS/c1-11-3-4-6(5(9)7(8)13-4)14-15(10,16)12-2/h4-7,9H,3H2,1-2H3,(H,10,16)/t4-,5+,6?,7-,15?/m1/s1. The van der Waals surface area contributed by atoms with Gasteiger partial charge in [-0.2, -0.15) is 0 Å². The average molecular weight is 268 g/mol. The maximum absolute atomic E-state index is 9.69. The Morgan fingerprint density at radius 2 is 2.12 bits per heavy atom. The van der Waals surface area contributed by atoms with Gasteiger partial charge < -0.3 is 24.0 Å². The Morgan fingerprint density at radius 3 is 2.62 bits per heavy atom. The fraction of sp³-hybridized carbons (Fsp3) is 1.00. The molecule has 92 valence electrons. The summed E-state index contributed by atoms with van der Waals surface area (Å²) >= 11 is 4.68. The molecule has 1 aliphatic rings. The van der Waals surface area contributed by atoms with Gasteiger partial charge in [-0.25, -0.2) is 0 Å². The molecule has 1 fully saturated rings. The lowest BCUT2D eigenvalue weighted by Gasteiger charge is -2.24. The van der Waals surface area contributed by atoms with Gasteiger partial charge in [-0.3, -0.25) is 4.52 Å². The first kappa shape index (κ1) is 14.5. The summed E-state index contributed by atoms with van der Waals surface area (Å²) in [6.45, 7) is -3.19. The molecule has 0 saturated carbocycles. The van der Waals surface area contributed by atoms with Crippen LogP contribution in [0.2, 0.25) is 0 Å². The fourth-order valence-electron chi connectivity index (χ4n) is 1.39. The minimum absolute atomic E-state index is 0.175. The van der Waals surface area contributed by atoms with Crippen molar-refractivity contribution in [3.8, 4) is 0 Å². The Hall–Kier alpha value is 0.475. The van der Waals surface area contributed by atoms with E-state index in [0.717, 1.165) is 0 Å². The zero-order valence-corrected chi connectivity index (χ0v) is 10.7. The van der Waals surface area contributed by atoms with Crippen LogP contribution in [0.5, 0.6) is 0 Å². The van der Waals surface area contributed by atoms with Gasteiger partial charge in [0.15, 0.2) is 0 Å². The zero-order valence-electron chi connectivity index (χ0n) is 8.98. The van der Waals surface area contributed by atoms with Crippen LogP contribution < -0.4 is 0 Å². The molecule has 6 nitrogen and oxygen atoms in total. The molecule has 0 aromatic rings. The van der Waals surface area contributed by atoms with Crippen LogP contribution in [0.1, 0.15) is 0 Å². The monoisotopic (exact) mass is 268 g/mol. The summed E-state index contributed by atoms with van der Waals surface area (Å²) in [7, 11) is 8.20. The minimum atomic E-state index is -3.37. The number of aliphatic hydroxyl groups excluding tert-OH is 1. The SMILES string of the molecule is [B][C@@H]1O[C@H](COC)C(OP(O)(=S)OC)[C@@H]1O. The zero-order chi connectivity index (χ0) is 12.3. The van der Waals surface area contributed by atoms with Crippen molar-refractivity contribution in [1.29, 1.82) is 0 Å². The van der Waals surface area contributed by atoms with Gasteiger partial charge in [0.2, 0.25) is 0 Å². The summed E-state index contributed by atoms with van der Waals surface area (Å²) in [4.78, 5) is 9.51. The Balaban J connectivity index is 2.70. The van der Waals surface area contributed by atoms with Crippen molar-refractivity contribution >= 4 is 26.4 Å². The van der Waals surface area contributed by atoms with Crippen molar-refractivity contribution in [2.45, 2.75) is 24.3 Å². The van der Waals surface area contributed by atoms with E-state index in [1.807, 2.05) is 0 Å². The van der Waals surface area contributed by atoms with Gasteiger partial charge >= 0.3 is 6.72 Å². The van der Waals surface area contributed by atoms with Crippen LogP contribution in [0.25, 0.3) is 0 Å². The molecule has 1 saturated heterocycles. The smallest absolute Gasteiger partial charge is 0.324 e. The molecular weight excluding hydrogens is 254 g/mol. The fourth-order valence-corrected chi connectivity index (χ4v) is 2.34. The van der Waals surface area contributed by atoms with Gasteiger partial charge in [-0.1, -0.05) is 0 Å². The molecular formula is C7H14BO6PS. The molecule has 2 radical (unpaired) electrons. The molecule has 1 aliphatic heterocycles. The highest BCUT2D eigenvalue weighted by atomic mass is 32.5. The number of rotatable bonds is 5. The van der Waals surface area contributed by atoms with Gasteiger partial charge in [0.1, 0.15) is 26.2 Å². The highest BCUT2D eigenvalue weighted by molar-refractivity contribution is 8.07. The number of hydrogen-bond acceptors (Lipinski definition) is 6. The van der Waals surface area contributed by atoms with Crippen molar-refractivity contribution in [2.75, 3.05) is 20.8 Å². The lowest BCUT2D eigenvalue weighted by atomic mass is 9.93. The van der Waals surface area contributed by atoms with E-state index in [-0.39, 0.29) is 6.61 Å². The second-order valence-corrected chi connectivity index (χ2v) is 6.20. The van der Waals surface area contributed by atoms with Crippen molar-refractivity contribution < 1.29 is 28.5 Å². The van der Waals surface area contributed by atoms with E-state index in [4.69, 9.17) is 21.8 Å². The first-order chi connectivity index (χ1) is 7.41. The van der Waals surface area contributed by atoms with Crippen LogP contribution in [-0.4, -0.2) is 63.0 Å². The van der Waals surface area contributed by atoms with Crippen LogP contribution in [0.3, 0.4) is 0 Å². The third-order valence-corrected chi connectivity index (χ3v) is 3.86. The lowest BCUT2D eigenvalue weighted by Crippen LogP contribution is -2.36. The molecule has 9 heteroatoms. The Bertz CT molecular complexity index is 280. The summed E-state index contributed by atoms with van der Waals surface area (Å²) in [5, 5.41) is 9.69. The number of methoxy groups -OCH3 is 1. The van der Waals surface area contributed by atoms with E-state index in [2.05, 4.69) is 16.3 Å². The topological polar surface area (TPSA) is 77.4 Å². The Labute approximate surface area is 100 Å². The third kappa shape index (κ3) is 3.48. The first-order valence-corrected chi connectivity index (χ1v) is 7.15. The van der Waals surface area contributed by atoms with E-state index < -0.39 is 31.0 Å². The van der Waals surface area contributed by atoms with Crippen molar-refractivity contribution in [1.82, 2.24) is 0 Å². The summed E-state index contributed by atoms with van der Waals surface area (Å²) in [5.41, 5.74) is 0. The van der Waals surface area contributed by atoms with Gasteiger partial charge in [0.25, 0.3) is 0 Å². The van der Waals surface area contributed by atoms with Crippen LogP contribution in [0.15, 0.2) is 0 Å². The maximum atomic E-state index is 9.69. The van der Waals surface area contributed by atoms with Crippen molar-refractivity contribution in [3.63, 3.8) is 0 Å². The molecule has 0 aromatic heterocycles. The molecule has 0 bridgehead atoms. The summed E-state index contributed by atoms with van der Waals surface area (Å²) in [6.07, 6.45) is -2.52. The summed E-state index contributed by atoms with van der Waals surface area (Å²) < 4.78 is 19.8. The predicted octanol–water partition coefficient (Wildman–Crippen LogP) is -0.865. The number of aliphatic hydroxyl groups is 1. The Morgan fingerprint density at radius 1 is 1.50 bits per heavy atom. The van der Waals surface area contributed by atoms with E-state index in [9.17, 15) is 10.00 Å². The summed E-state index contributed by atoms with van der Waals surface area (Å²) in [5.74, 6) is 0. The van der Waals surface area contributed by atoms with Crippen LogP contribution >= 0.6 is 6.72 Å². The Kier molecular flexibility index (Phi) is 5.35. The maximum Gasteiger partial charge on any atom is 0.324 e. The van der Waals surface area contributed by atoms with Crippen LogP contribution in [0.4, 0.5) is 0 Å². The molecule has 0 aromatic carbocycles. The highest BCUT2D eigenvalue weighted by Crippen LogP contribution is 2.46. The van der Waals surface area contributed by atoms with Crippen molar-refractivity contribution in [3.05, 3.63) is 0 Å². The van der Waals surface area contributed by atoms with E-state index >= 15 is 0 Å². The van der Waals surface area contributed by atoms with Gasteiger partial charge in [-0.05, 0) is 11.8 Å². The quantitative estimate of drug-likeness (QED) is 0.496. The molecule has 0 amide bonds. The molecule has 2 unspecified atom stereocenters. The van der Waals surface area contributed by atoms with Gasteiger partial charge in [0.05, 0.1) is 6.61 Å². The minimum Gasteiger partial charge on any atom is -0.388 e. The van der Waals surface area contributed by atoms with E-state index in [0.29, 0.717) is 0 Å². The number of ether oxygens (including phenoxy) is 2. The molecule has 2 N–H and O–H groups in total. The number of hydrogen-bond donors (Lipinski definition) is 2. The van der Waals surface area contributed by atoms with E-state index in [1.165, 1.54) is 14.2 Å². The first-order valence-electron chi connectivity index (χ1n) is 4.56. The van der Waals surface area contributed by atoms with Crippen molar-refractivity contribution in [2.24, 2.45) is 0 Å². The lowest BCUT2D eigenvalue weighted by molar-refractivity contribution is -0.0165. The van der Waals surface area contributed by atoms with Crippen LogP contribution in [0, 0.1) is 0 Å². The molecule has 1 rings (SSSR count). The molecule has 16 heavy (non-hydrogen) atoms. The van der Waals surface area contributed by atoms with E-state index in [1.54, 1.807) is 0 Å². The second-order valence-electron chi connectivity index (χ2n) is 3.31. The largest absolute Gasteiger partial charge is 0.388 e. The summed E-state index contributed by atoms with van der Waals surface area (Å²) in [6, 6.07) is -0.892. The molecule has 0 spiro atoms. The van der Waals surface area contributed by atoms with Gasteiger partial charge in [-0.15, -0.1) is 0 Å². The van der Waals surface area contributed by atoms with Crippen LogP contribution in [-0.2, 0) is 30.3 Å². The average Bonchev–Trinajstić information content (AvgIpc) is 2.47. The molecule has 0 aliphatic carbocycles. The van der Waals surface area contributed by atoms with Gasteiger partial charge in [0, 0.05) is 20.2 Å². The molecule has 1 heterocycles. The highest BCUT2D eigenvalue weighted by Gasteiger charge is 2.44. The second kappa shape index (κ2) is 5.88. The predicted molar refractivity (Wildman–Crippen MR) is 60.7 cm³/mol. The molecule has 5 atom stereocenters.